The van der Waals surface area contributed by atoms with Crippen LogP contribution in [0, 0.1) is 5.82 Å². The number of hydrogen-bond donors (Lipinski definition) is 1. The number of phenolic OH excluding ortho intramolecular Hbond substituents is 1. The number of alkyl halides is 1. The lowest BCUT2D eigenvalue weighted by Crippen LogP contribution is -2.04. The molecule has 0 aromatic heterocycles. The predicted octanol–water partition coefficient (Wildman–Crippen LogP) is 1.96. The van der Waals surface area contributed by atoms with Crippen molar-refractivity contribution < 1.29 is 19.0 Å². The number of ether oxygens (including phenoxy) is 1. The Hall–Kier alpha value is -1.29. The van der Waals surface area contributed by atoms with E-state index in [4.69, 9.17) is 16.3 Å². The van der Waals surface area contributed by atoms with Gasteiger partial charge in [0.25, 0.3) is 0 Å². The molecule has 1 aromatic rings. The fourth-order valence-corrected chi connectivity index (χ4v) is 1.19. The van der Waals surface area contributed by atoms with Crippen molar-refractivity contribution in [2.45, 2.75) is 0 Å². The molecule has 0 saturated carbocycles. The third-order valence-electron chi connectivity index (χ3n) is 1.71. The Bertz CT molecular complexity index is 365. The summed E-state index contributed by atoms with van der Waals surface area (Å²) in [5.74, 6) is -2.38. The van der Waals surface area contributed by atoms with E-state index in [1.807, 2.05) is 0 Å². The number of benzene rings is 1. The van der Waals surface area contributed by atoms with Crippen LogP contribution < -0.4 is 4.74 Å². The molecular weight excluding hydrogens is 211 g/mol. The standard InChI is InChI=1S/C9H8ClFO3/c1-14-9-5(7(12)4-10)2-3-6(11)8(9)13/h2-3,13H,4H2,1H3. The Morgan fingerprint density at radius 2 is 2.29 bits per heavy atom. The number of rotatable bonds is 3. The van der Waals surface area contributed by atoms with Crippen LogP contribution in [0.15, 0.2) is 12.1 Å². The highest BCUT2D eigenvalue weighted by atomic mass is 35.5. The van der Waals surface area contributed by atoms with Crippen molar-refractivity contribution in [3.63, 3.8) is 0 Å². The van der Waals surface area contributed by atoms with Gasteiger partial charge in [0.2, 0.25) is 0 Å². The summed E-state index contributed by atoms with van der Waals surface area (Å²) in [5, 5.41) is 9.23. The second kappa shape index (κ2) is 4.28. The number of Topliss-reactive ketones (excluding diaryl/α,β-unsaturated/α-hetero) is 1. The van der Waals surface area contributed by atoms with Crippen molar-refractivity contribution in [3.8, 4) is 11.5 Å². The number of aromatic hydroxyl groups is 1. The average molecular weight is 219 g/mol. The summed E-state index contributed by atoms with van der Waals surface area (Å²) in [6, 6.07) is 2.20. The van der Waals surface area contributed by atoms with Gasteiger partial charge in [0.1, 0.15) is 0 Å². The van der Waals surface area contributed by atoms with Crippen molar-refractivity contribution in [2.24, 2.45) is 0 Å². The third-order valence-corrected chi connectivity index (χ3v) is 1.95. The first-order valence-corrected chi connectivity index (χ1v) is 4.30. The van der Waals surface area contributed by atoms with Crippen LogP contribution in [0.5, 0.6) is 11.5 Å². The summed E-state index contributed by atoms with van der Waals surface area (Å²) in [6.07, 6.45) is 0. The Morgan fingerprint density at radius 3 is 2.79 bits per heavy atom. The summed E-state index contributed by atoms with van der Waals surface area (Å²) in [6.45, 7) is 0. The lowest BCUT2D eigenvalue weighted by molar-refractivity contribution is 0.101. The molecule has 14 heavy (non-hydrogen) atoms. The first-order chi connectivity index (χ1) is 6.61. The van der Waals surface area contributed by atoms with E-state index >= 15 is 0 Å². The molecule has 0 atom stereocenters. The zero-order chi connectivity index (χ0) is 10.7. The van der Waals surface area contributed by atoms with Crippen molar-refractivity contribution >= 4 is 17.4 Å². The van der Waals surface area contributed by atoms with Crippen LogP contribution in [0.1, 0.15) is 10.4 Å². The van der Waals surface area contributed by atoms with E-state index < -0.39 is 17.3 Å². The fourth-order valence-electron chi connectivity index (χ4n) is 1.05. The maximum atomic E-state index is 12.8. The van der Waals surface area contributed by atoms with E-state index in [-0.39, 0.29) is 17.2 Å². The average Bonchev–Trinajstić information content (AvgIpc) is 2.20. The first-order valence-electron chi connectivity index (χ1n) is 3.76. The van der Waals surface area contributed by atoms with Crippen molar-refractivity contribution in [2.75, 3.05) is 13.0 Å². The fraction of sp³-hybridized carbons (Fsp3) is 0.222. The van der Waals surface area contributed by atoms with Gasteiger partial charge in [-0.25, -0.2) is 4.39 Å². The van der Waals surface area contributed by atoms with Crippen LogP contribution in [0.2, 0.25) is 0 Å². The molecule has 1 rings (SSSR count). The number of carbonyl (C=O) groups excluding carboxylic acids is 1. The number of hydrogen-bond acceptors (Lipinski definition) is 3. The van der Waals surface area contributed by atoms with Crippen molar-refractivity contribution in [3.05, 3.63) is 23.5 Å². The minimum absolute atomic E-state index is 0.0707. The molecule has 0 heterocycles. The van der Waals surface area contributed by atoms with Crippen LogP contribution in [0.4, 0.5) is 4.39 Å². The third kappa shape index (κ3) is 1.80. The van der Waals surface area contributed by atoms with Crippen molar-refractivity contribution in [1.29, 1.82) is 0 Å². The number of ketones is 1. The first kappa shape index (κ1) is 10.8. The molecule has 0 amide bonds. The molecule has 0 fully saturated rings. The molecule has 5 heteroatoms. The van der Waals surface area contributed by atoms with E-state index in [1.165, 1.54) is 13.2 Å². The van der Waals surface area contributed by atoms with Crippen LogP contribution in [0.25, 0.3) is 0 Å². The highest BCUT2D eigenvalue weighted by molar-refractivity contribution is 6.30. The molecule has 0 aliphatic carbocycles. The minimum atomic E-state index is -0.840. The molecule has 0 saturated heterocycles. The van der Waals surface area contributed by atoms with Gasteiger partial charge in [-0.15, -0.1) is 11.6 Å². The number of methoxy groups -OCH3 is 1. The molecule has 76 valence electrons. The zero-order valence-corrected chi connectivity index (χ0v) is 8.14. The van der Waals surface area contributed by atoms with Crippen LogP contribution in [0.3, 0.4) is 0 Å². The van der Waals surface area contributed by atoms with E-state index in [0.717, 1.165) is 6.07 Å². The summed E-state index contributed by atoms with van der Waals surface area (Å²) in [7, 11) is 1.24. The van der Waals surface area contributed by atoms with Gasteiger partial charge in [-0.05, 0) is 12.1 Å². The number of carbonyl (C=O) groups is 1. The second-order valence-electron chi connectivity index (χ2n) is 2.53. The van der Waals surface area contributed by atoms with Gasteiger partial charge in [-0.2, -0.15) is 0 Å². The van der Waals surface area contributed by atoms with Gasteiger partial charge < -0.3 is 9.84 Å². The maximum absolute atomic E-state index is 12.8. The SMILES string of the molecule is COc1c(C(=O)CCl)ccc(F)c1O. The largest absolute Gasteiger partial charge is 0.502 e. The highest BCUT2D eigenvalue weighted by Crippen LogP contribution is 2.32. The minimum Gasteiger partial charge on any atom is -0.502 e. The molecule has 1 N–H and O–H groups in total. The lowest BCUT2D eigenvalue weighted by atomic mass is 10.1. The lowest BCUT2D eigenvalue weighted by Gasteiger charge is -2.08. The zero-order valence-electron chi connectivity index (χ0n) is 7.38. The summed E-state index contributed by atoms with van der Waals surface area (Å²) in [4.78, 5) is 11.2. The van der Waals surface area contributed by atoms with Gasteiger partial charge in [-0.1, -0.05) is 0 Å². The Labute approximate surface area is 85.1 Å². The maximum Gasteiger partial charge on any atom is 0.195 e. The molecule has 0 unspecified atom stereocenters. The van der Waals surface area contributed by atoms with E-state index in [0.29, 0.717) is 0 Å². The van der Waals surface area contributed by atoms with E-state index in [9.17, 15) is 14.3 Å². The smallest absolute Gasteiger partial charge is 0.195 e. The predicted molar refractivity (Wildman–Crippen MR) is 49.7 cm³/mol. The van der Waals surface area contributed by atoms with Gasteiger partial charge >= 0.3 is 0 Å². The number of halogens is 2. The molecule has 1 aromatic carbocycles. The highest BCUT2D eigenvalue weighted by Gasteiger charge is 2.17. The molecule has 3 nitrogen and oxygen atoms in total. The molecule has 0 radical (unpaired) electrons. The van der Waals surface area contributed by atoms with E-state index in [1.54, 1.807) is 0 Å². The van der Waals surface area contributed by atoms with Crippen LogP contribution >= 0.6 is 11.6 Å². The monoisotopic (exact) mass is 218 g/mol. The number of phenols is 1. The summed E-state index contributed by atoms with van der Waals surface area (Å²) < 4.78 is 17.5. The molecule has 0 spiro atoms. The molecular formula is C9H8ClFO3. The van der Waals surface area contributed by atoms with Gasteiger partial charge in [-0.3, -0.25) is 4.79 Å². The summed E-state index contributed by atoms with van der Waals surface area (Å²) in [5.41, 5.74) is 0.0707. The molecule has 0 aliphatic rings. The Morgan fingerprint density at radius 1 is 1.64 bits per heavy atom. The quantitative estimate of drug-likeness (QED) is 0.623. The van der Waals surface area contributed by atoms with Gasteiger partial charge in [0.15, 0.2) is 23.1 Å². The van der Waals surface area contributed by atoms with Gasteiger partial charge in [0, 0.05) is 0 Å². The van der Waals surface area contributed by atoms with Crippen LogP contribution in [-0.4, -0.2) is 23.9 Å². The van der Waals surface area contributed by atoms with Crippen LogP contribution in [-0.2, 0) is 0 Å². The molecule has 0 aliphatic heterocycles. The normalized spacial score (nSPS) is 9.93. The van der Waals surface area contributed by atoms with Crippen molar-refractivity contribution in [1.82, 2.24) is 0 Å². The summed E-state index contributed by atoms with van der Waals surface area (Å²) >= 11 is 5.33. The Balaban J connectivity index is 3.31. The second-order valence-corrected chi connectivity index (χ2v) is 2.80. The Kier molecular flexibility index (Phi) is 3.30. The molecule has 0 bridgehead atoms. The van der Waals surface area contributed by atoms with E-state index in [2.05, 4.69) is 0 Å². The van der Waals surface area contributed by atoms with Gasteiger partial charge in [0.05, 0.1) is 18.6 Å². The topological polar surface area (TPSA) is 46.5 Å².